The lowest BCUT2D eigenvalue weighted by Gasteiger charge is -2.28. The Morgan fingerprint density at radius 2 is 1.96 bits per heavy atom. The summed E-state index contributed by atoms with van der Waals surface area (Å²) >= 11 is 0. The molecule has 0 atom stereocenters. The van der Waals surface area contributed by atoms with E-state index in [0.717, 1.165) is 17.0 Å². The number of carbonyl (C=O) groups excluding carboxylic acids is 2. The lowest BCUT2D eigenvalue weighted by Crippen LogP contribution is -2.44. The summed E-state index contributed by atoms with van der Waals surface area (Å²) in [5.74, 6) is -0.307. The van der Waals surface area contributed by atoms with Gasteiger partial charge in [-0.1, -0.05) is 18.2 Å². The van der Waals surface area contributed by atoms with Crippen molar-refractivity contribution in [2.24, 2.45) is 0 Å². The summed E-state index contributed by atoms with van der Waals surface area (Å²) in [7, 11) is 4.03. The van der Waals surface area contributed by atoms with Crippen molar-refractivity contribution in [3.63, 3.8) is 0 Å². The summed E-state index contributed by atoms with van der Waals surface area (Å²) in [6.45, 7) is 4.44. The molecule has 0 aliphatic heterocycles. The smallest absolute Gasteiger partial charge is 0.260 e. The fourth-order valence-corrected chi connectivity index (χ4v) is 2.13. The van der Waals surface area contributed by atoms with Crippen molar-refractivity contribution in [1.82, 2.24) is 4.90 Å². The van der Waals surface area contributed by atoms with E-state index >= 15 is 0 Å². The van der Waals surface area contributed by atoms with Crippen molar-refractivity contribution in [3.8, 4) is 0 Å². The van der Waals surface area contributed by atoms with E-state index in [9.17, 15) is 9.59 Å². The number of aliphatic hydroxyl groups excluding tert-OH is 1. The second-order valence-electron chi connectivity index (χ2n) is 6.14. The van der Waals surface area contributed by atoms with E-state index in [1.54, 1.807) is 12.1 Å². The summed E-state index contributed by atoms with van der Waals surface area (Å²) in [4.78, 5) is 24.6. The highest BCUT2D eigenvalue weighted by Crippen LogP contribution is 2.09. The normalized spacial score (nSPS) is 11.3. The minimum absolute atomic E-state index is 0.136. The average molecular weight is 323 g/mol. The maximum atomic E-state index is 12.3. The van der Waals surface area contributed by atoms with E-state index in [-0.39, 0.29) is 19.1 Å². The van der Waals surface area contributed by atoms with Crippen LogP contribution in [0.15, 0.2) is 24.3 Å². The minimum Gasteiger partial charge on any atom is -0.391 e. The van der Waals surface area contributed by atoms with Crippen LogP contribution in [0.3, 0.4) is 0 Å². The van der Waals surface area contributed by atoms with Gasteiger partial charge in [-0.3, -0.25) is 14.5 Å². The predicted molar refractivity (Wildman–Crippen MR) is 88.0 cm³/mol. The first-order valence-corrected chi connectivity index (χ1v) is 7.74. The van der Waals surface area contributed by atoms with Crippen molar-refractivity contribution in [2.45, 2.75) is 6.92 Å². The van der Waals surface area contributed by atoms with Crippen LogP contribution in [0.5, 0.6) is 0 Å². The van der Waals surface area contributed by atoms with Gasteiger partial charge >= 0.3 is 0 Å². The van der Waals surface area contributed by atoms with Crippen LogP contribution in [0.4, 0.5) is 0 Å². The molecule has 0 saturated heterocycles. The molecule has 1 aromatic rings. The number of imide groups is 1. The van der Waals surface area contributed by atoms with Gasteiger partial charge in [-0.05, 0) is 18.6 Å². The zero-order chi connectivity index (χ0) is 17.3. The SMILES string of the molecule is Cc1ccccc1C(=O)N(C=O)CCOCC[N+](C)(C)CCO. The van der Waals surface area contributed by atoms with Crippen molar-refractivity contribution < 1.29 is 23.9 Å². The quantitative estimate of drug-likeness (QED) is 0.391. The molecule has 0 bridgehead atoms. The Morgan fingerprint density at radius 1 is 1.26 bits per heavy atom. The zero-order valence-electron chi connectivity index (χ0n) is 14.2. The molecule has 1 N–H and O–H groups in total. The van der Waals surface area contributed by atoms with E-state index in [2.05, 4.69) is 0 Å². The Bertz CT molecular complexity index is 517. The van der Waals surface area contributed by atoms with E-state index in [1.165, 1.54) is 0 Å². The lowest BCUT2D eigenvalue weighted by atomic mass is 10.1. The summed E-state index contributed by atoms with van der Waals surface area (Å²) in [5.41, 5.74) is 1.37. The largest absolute Gasteiger partial charge is 0.391 e. The number of quaternary nitrogens is 1. The van der Waals surface area contributed by atoms with E-state index < -0.39 is 0 Å². The highest BCUT2D eigenvalue weighted by atomic mass is 16.5. The number of hydrogen-bond donors (Lipinski definition) is 1. The van der Waals surface area contributed by atoms with E-state index in [4.69, 9.17) is 9.84 Å². The molecule has 0 saturated carbocycles. The van der Waals surface area contributed by atoms with Crippen LogP contribution in [0.1, 0.15) is 15.9 Å². The molecule has 0 radical (unpaired) electrons. The van der Waals surface area contributed by atoms with E-state index in [0.29, 0.717) is 36.2 Å². The Balaban J connectivity index is 2.42. The number of likely N-dealkylation sites (N-methyl/N-ethyl adjacent to an activating group) is 1. The maximum Gasteiger partial charge on any atom is 0.260 e. The molecule has 6 heteroatoms. The minimum atomic E-state index is -0.307. The van der Waals surface area contributed by atoms with Gasteiger partial charge in [0.25, 0.3) is 5.91 Å². The van der Waals surface area contributed by atoms with Crippen molar-refractivity contribution in [3.05, 3.63) is 35.4 Å². The van der Waals surface area contributed by atoms with Gasteiger partial charge < -0.3 is 14.3 Å². The molecular weight excluding hydrogens is 296 g/mol. The van der Waals surface area contributed by atoms with Crippen LogP contribution in [-0.2, 0) is 9.53 Å². The first-order chi connectivity index (χ1) is 10.9. The lowest BCUT2D eigenvalue weighted by molar-refractivity contribution is -0.891. The molecule has 1 aromatic carbocycles. The molecule has 0 aliphatic rings. The zero-order valence-corrected chi connectivity index (χ0v) is 14.2. The number of nitrogens with zero attached hydrogens (tertiary/aromatic N) is 2. The number of carbonyl (C=O) groups is 2. The van der Waals surface area contributed by atoms with Crippen LogP contribution < -0.4 is 0 Å². The molecule has 0 unspecified atom stereocenters. The molecular formula is C17H27N2O4+. The van der Waals surface area contributed by atoms with Gasteiger partial charge in [0, 0.05) is 5.56 Å². The van der Waals surface area contributed by atoms with Gasteiger partial charge in [0.15, 0.2) is 0 Å². The van der Waals surface area contributed by atoms with Crippen molar-refractivity contribution >= 4 is 12.3 Å². The topological polar surface area (TPSA) is 66.8 Å². The van der Waals surface area contributed by atoms with Crippen LogP contribution in [0.25, 0.3) is 0 Å². The summed E-state index contributed by atoms with van der Waals surface area (Å²) in [6, 6.07) is 7.19. The Kier molecular flexibility index (Phi) is 7.88. The molecule has 0 spiro atoms. The average Bonchev–Trinajstić information content (AvgIpc) is 2.50. The molecule has 1 rings (SSSR count). The molecule has 0 heterocycles. The number of ether oxygens (including phenoxy) is 1. The third-order valence-corrected chi connectivity index (χ3v) is 3.79. The highest BCUT2D eigenvalue weighted by Gasteiger charge is 2.17. The molecule has 128 valence electrons. The van der Waals surface area contributed by atoms with Gasteiger partial charge in [0.05, 0.1) is 40.5 Å². The Labute approximate surface area is 137 Å². The monoisotopic (exact) mass is 323 g/mol. The Morgan fingerprint density at radius 3 is 2.57 bits per heavy atom. The predicted octanol–water partition coefficient (Wildman–Crippen LogP) is 0.679. The molecule has 0 aliphatic carbocycles. The third kappa shape index (κ3) is 6.48. The first-order valence-electron chi connectivity index (χ1n) is 7.74. The molecule has 2 amide bonds. The molecule has 0 aromatic heterocycles. The van der Waals surface area contributed by atoms with Crippen LogP contribution in [0, 0.1) is 6.92 Å². The molecule has 23 heavy (non-hydrogen) atoms. The molecule has 6 nitrogen and oxygen atoms in total. The standard InChI is InChI=1S/C17H27N2O4/c1-15-6-4-5-7-16(15)17(22)18(14-21)8-12-23-13-10-19(2,3)9-11-20/h4-7,14,20H,8-13H2,1-3H3/q+1. The first kappa shape index (κ1) is 19.3. The van der Waals surface area contributed by atoms with Crippen molar-refractivity contribution in [1.29, 1.82) is 0 Å². The second kappa shape index (κ2) is 9.39. The van der Waals surface area contributed by atoms with Gasteiger partial charge in [0.2, 0.25) is 6.41 Å². The van der Waals surface area contributed by atoms with Crippen LogP contribution in [-0.4, -0.2) is 80.4 Å². The second-order valence-corrected chi connectivity index (χ2v) is 6.14. The molecule has 0 fully saturated rings. The Hall–Kier alpha value is -1.76. The van der Waals surface area contributed by atoms with Gasteiger partial charge in [-0.2, -0.15) is 0 Å². The van der Waals surface area contributed by atoms with Crippen LogP contribution >= 0.6 is 0 Å². The number of benzene rings is 1. The summed E-state index contributed by atoms with van der Waals surface area (Å²) < 4.78 is 6.18. The number of rotatable bonds is 10. The highest BCUT2D eigenvalue weighted by molar-refractivity contribution is 6.00. The fourth-order valence-electron chi connectivity index (χ4n) is 2.13. The van der Waals surface area contributed by atoms with Gasteiger partial charge in [-0.25, -0.2) is 0 Å². The number of aliphatic hydroxyl groups is 1. The fraction of sp³-hybridized carbons (Fsp3) is 0.529. The maximum absolute atomic E-state index is 12.3. The van der Waals surface area contributed by atoms with Gasteiger partial charge in [-0.15, -0.1) is 0 Å². The van der Waals surface area contributed by atoms with E-state index in [1.807, 2.05) is 33.2 Å². The van der Waals surface area contributed by atoms with Crippen molar-refractivity contribution in [2.75, 3.05) is 53.6 Å². The van der Waals surface area contributed by atoms with Crippen LogP contribution in [0.2, 0.25) is 0 Å². The van der Waals surface area contributed by atoms with Gasteiger partial charge in [0.1, 0.15) is 13.1 Å². The summed E-state index contributed by atoms with van der Waals surface area (Å²) in [6.07, 6.45) is 0.546. The number of hydrogen-bond acceptors (Lipinski definition) is 4. The number of aryl methyl sites for hydroxylation is 1. The number of amides is 2. The summed E-state index contributed by atoms with van der Waals surface area (Å²) in [5, 5.41) is 8.96. The third-order valence-electron chi connectivity index (χ3n) is 3.79.